The van der Waals surface area contributed by atoms with E-state index < -0.39 is 0 Å². The molecule has 6 heteroatoms. The SMILES string of the molecule is CCNC(=NCCOCCC(C)C)NCCc1csc(C)n1. The minimum Gasteiger partial charge on any atom is -0.380 e. The second-order valence-electron chi connectivity index (χ2n) is 5.59. The van der Waals surface area contributed by atoms with Crippen molar-refractivity contribution in [1.29, 1.82) is 0 Å². The molecule has 0 saturated carbocycles. The highest BCUT2D eigenvalue weighted by atomic mass is 32.1. The number of aromatic nitrogens is 1. The van der Waals surface area contributed by atoms with Crippen LogP contribution in [0.1, 0.15) is 37.9 Å². The Hall–Kier alpha value is -1.14. The number of thiazole rings is 1. The normalized spacial score (nSPS) is 12.0. The summed E-state index contributed by atoms with van der Waals surface area (Å²) in [4.78, 5) is 8.98. The summed E-state index contributed by atoms with van der Waals surface area (Å²) in [7, 11) is 0. The number of guanidine groups is 1. The lowest BCUT2D eigenvalue weighted by atomic mass is 10.1. The molecule has 0 saturated heterocycles. The van der Waals surface area contributed by atoms with Gasteiger partial charge in [-0.15, -0.1) is 11.3 Å². The van der Waals surface area contributed by atoms with Crippen molar-refractivity contribution in [1.82, 2.24) is 15.6 Å². The van der Waals surface area contributed by atoms with E-state index >= 15 is 0 Å². The second-order valence-corrected chi connectivity index (χ2v) is 6.65. The molecule has 0 unspecified atom stereocenters. The van der Waals surface area contributed by atoms with Crippen LogP contribution >= 0.6 is 11.3 Å². The molecular formula is C16H30N4OS. The first-order valence-electron chi connectivity index (χ1n) is 8.12. The van der Waals surface area contributed by atoms with Gasteiger partial charge in [-0.25, -0.2) is 4.98 Å². The van der Waals surface area contributed by atoms with E-state index in [2.05, 4.69) is 46.8 Å². The van der Waals surface area contributed by atoms with Gasteiger partial charge < -0.3 is 15.4 Å². The fourth-order valence-corrected chi connectivity index (χ4v) is 2.46. The van der Waals surface area contributed by atoms with Gasteiger partial charge in [-0.3, -0.25) is 4.99 Å². The number of hydrogen-bond acceptors (Lipinski definition) is 4. The summed E-state index contributed by atoms with van der Waals surface area (Å²) < 4.78 is 5.58. The number of hydrogen-bond donors (Lipinski definition) is 2. The third-order valence-electron chi connectivity index (χ3n) is 3.03. The van der Waals surface area contributed by atoms with E-state index in [1.807, 2.05) is 6.92 Å². The van der Waals surface area contributed by atoms with E-state index in [4.69, 9.17) is 4.74 Å². The number of nitrogens with zero attached hydrogens (tertiary/aromatic N) is 2. The van der Waals surface area contributed by atoms with Crippen LogP contribution in [0.3, 0.4) is 0 Å². The molecule has 1 rings (SSSR count). The van der Waals surface area contributed by atoms with Crippen LogP contribution in [-0.2, 0) is 11.2 Å². The molecule has 0 amide bonds. The van der Waals surface area contributed by atoms with Crippen LogP contribution in [0.25, 0.3) is 0 Å². The summed E-state index contributed by atoms with van der Waals surface area (Å²) in [6, 6.07) is 0. The molecule has 1 aromatic rings. The molecule has 5 nitrogen and oxygen atoms in total. The van der Waals surface area contributed by atoms with Gasteiger partial charge in [0.25, 0.3) is 0 Å². The van der Waals surface area contributed by atoms with Crippen LogP contribution in [-0.4, -0.2) is 43.8 Å². The van der Waals surface area contributed by atoms with Crippen LogP contribution in [0.4, 0.5) is 0 Å². The Morgan fingerprint density at radius 2 is 2.18 bits per heavy atom. The first-order chi connectivity index (χ1) is 10.6. The van der Waals surface area contributed by atoms with Crippen LogP contribution in [0.5, 0.6) is 0 Å². The number of aliphatic imine (C=N–C) groups is 1. The molecule has 0 bridgehead atoms. The lowest BCUT2D eigenvalue weighted by Crippen LogP contribution is -2.38. The highest BCUT2D eigenvalue weighted by molar-refractivity contribution is 7.09. The maximum Gasteiger partial charge on any atom is 0.191 e. The third-order valence-corrected chi connectivity index (χ3v) is 3.85. The van der Waals surface area contributed by atoms with Crippen molar-refractivity contribution in [3.8, 4) is 0 Å². The first kappa shape index (κ1) is 18.9. The average Bonchev–Trinajstić information content (AvgIpc) is 2.88. The lowest BCUT2D eigenvalue weighted by Gasteiger charge is -2.11. The van der Waals surface area contributed by atoms with E-state index in [1.165, 1.54) is 0 Å². The smallest absolute Gasteiger partial charge is 0.191 e. The molecule has 22 heavy (non-hydrogen) atoms. The van der Waals surface area contributed by atoms with E-state index in [0.29, 0.717) is 19.1 Å². The highest BCUT2D eigenvalue weighted by Gasteiger charge is 2.00. The Morgan fingerprint density at radius 1 is 1.36 bits per heavy atom. The minimum absolute atomic E-state index is 0.675. The van der Waals surface area contributed by atoms with Crippen molar-refractivity contribution in [2.45, 2.75) is 40.5 Å². The van der Waals surface area contributed by atoms with Gasteiger partial charge in [0.05, 0.1) is 23.9 Å². The summed E-state index contributed by atoms with van der Waals surface area (Å²) in [6.07, 6.45) is 2.02. The van der Waals surface area contributed by atoms with Crippen LogP contribution in [0.15, 0.2) is 10.4 Å². The van der Waals surface area contributed by atoms with Gasteiger partial charge in [0.2, 0.25) is 0 Å². The summed E-state index contributed by atoms with van der Waals surface area (Å²) in [5.74, 6) is 1.54. The van der Waals surface area contributed by atoms with Gasteiger partial charge in [0.15, 0.2) is 5.96 Å². The largest absolute Gasteiger partial charge is 0.380 e. The van der Waals surface area contributed by atoms with Gasteiger partial charge >= 0.3 is 0 Å². The van der Waals surface area contributed by atoms with Crippen LogP contribution < -0.4 is 10.6 Å². The zero-order valence-electron chi connectivity index (χ0n) is 14.3. The standard InChI is InChI=1S/C16H30N4OS/c1-5-17-16(19-9-11-21-10-7-13(2)3)18-8-6-15-12-22-14(4)20-15/h12-13H,5-11H2,1-4H3,(H2,17,18,19). The van der Waals surface area contributed by atoms with Crippen molar-refractivity contribution in [3.63, 3.8) is 0 Å². The van der Waals surface area contributed by atoms with Crippen LogP contribution in [0.2, 0.25) is 0 Å². The summed E-state index contributed by atoms with van der Waals surface area (Å²) in [6.45, 7) is 12.4. The zero-order valence-corrected chi connectivity index (χ0v) is 15.1. The van der Waals surface area contributed by atoms with E-state index in [9.17, 15) is 0 Å². The second kappa shape index (κ2) is 11.4. The molecule has 126 valence electrons. The molecule has 0 aromatic carbocycles. The number of rotatable bonds is 10. The lowest BCUT2D eigenvalue weighted by molar-refractivity contribution is 0.130. The van der Waals surface area contributed by atoms with Crippen molar-refractivity contribution in [3.05, 3.63) is 16.1 Å². The van der Waals surface area contributed by atoms with Crippen molar-refractivity contribution in [2.24, 2.45) is 10.9 Å². The predicted octanol–water partition coefficient (Wildman–Crippen LogP) is 2.61. The predicted molar refractivity (Wildman–Crippen MR) is 94.8 cm³/mol. The van der Waals surface area contributed by atoms with Crippen LogP contribution in [0, 0.1) is 12.8 Å². The molecule has 0 radical (unpaired) electrons. The number of ether oxygens (including phenoxy) is 1. The Kier molecular flexibility index (Phi) is 9.82. The monoisotopic (exact) mass is 326 g/mol. The molecule has 0 spiro atoms. The third kappa shape index (κ3) is 9.00. The summed E-state index contributed by atoms with van der Waals surface area (Å²) in [5, 5.41) is 9.82. The van der Waals surface area contributed by atoms with Crippen molar-refractivity contribution < 1.29 is 4.74 Å². The van der Waals surface area contributed by atoms with E-state index in [1.54, 1.807) is 11.3 Å². The number of nitrogens with one attached hydrogen (secondary N) is 2. The maximum absolute atomic E-state index is 5.58. The fourth-order valence-electron chi connectivity index (χ4n) is 1.82. The number of aryl methyl sites for hydroxylation is 1. The first-order valence-corrected chi connectivity index (χ1v) is 9.00. The molecule has 2 N–H and O–H groups in total. The van der Waals surface area contributed by atoms with Gasteiger partial charge in [-0.1, -0.05) is 13.8 Å². The maximum atomic E-state index is 5.58. The van der Waals surface area contributed by atoms with E-state index in [0.717, 1.165) is 49.2 Å². The molecule has 0 atom stereocenters. The quantitative estimate of drug-likeness (QED) is 0.394. The summed E-state index contributed by atoms with van der Waals surface area (Å²) in [5.41, 5.74) is 1.14. The Balaban J connectivity index is 2.20. The van der Waals surface area contributed by atoms with Gasteiger partial charge in [-0.05, 0) is 26.2 Å². The highest BCUT2D eigenvalue weighted by Crippen LogP contribution is 2.07. The molecular weight excluding hydrogens is 296 g/mol. The Bertz CT molecular complexity index is 432. The molecule has 0 aliphatic rings. The fraction of sp³-hybridized carbons (Fsp3) is 0.750. The zero-order chi connectivity index (χ0) is 16.2. The molecule has 1 heterocycles. The Morgan fingerprint density at radius 3 is 2.82 bits per heavy atom. The van der Waals surface area contributed by atoms with Gasteiger partial charge in [-0.2, -0.15) is 0 Å². The average molecular weight is 327 g/mol. The van der Waals surface area contributed by atoms with Crippen molar-refractivity contribution >= 4 is 17.3 Å². The van der Waals surface area contributed by atoms with Crippen molar-refractivity contribution in [2.75, 3.05) is 32.8 Å². The topological polar surface area (TPSA) is 58.5 Å². The molecule has 0 aliphatic carbocycles. The minimum atomic E-state index is 0.675. The Labute approximate surface area is 138 Å². The molecule has 0 fully saturated rings. The molecule has 1 aromatic heterocycles. The van der Waals surface area contributed by atoms with Gasteiger partial charge in [0.1, 0.15) is 0 Å². The molecule has 0 aliphatic heterocycles. The van der Waals surface area contributed by atoms with E-state index in [-0.39, 0.29) is 0 Å². The summed E-state index contributed by atoms with van der Waals surface area (Å²) >= 11 is 1.70. The van der Waals surface area contributed by atoms with Gasteiger partial charge in [0, 0.05) is 31.5 Å².